The van der Waals surface area contributed by atoms with Crippen molar-refractivity contribution in [3.05, 3.63) is 24.3 Å². The summed E-state index contributed by atoms with van der Waals surface area (Å²) in [5, 5.41) is 2.90. The fraction of sp³-hybridized carbons (Fsp3) is 0.500. The molecule has 1 aliphatic heterocycles. The zero-order valence-corrected chi connectivity index (χ0v) is 10.7. The van der Waals surface area contributed by atoms with E-state index in [0.717, 1.165) is 18.8 Å². The van der Waals surface area contributed by atoms with E-state index in [2.05, 4.69) is 10.2 Å². The number of amides is 1. The Morgan fingerprint density at radius 3 is 2.33 bits per heavy atom. The molecule has 1 amide bonds. The van der Waals surface area contributed by atoms with Gasteiger partial charge in [-0.05, 0) is 50.2 Å². The molecule has 0 spiro atoms. The number of benzene rings is 1. The monoisotopic (exact) mass is 247 g/mol. The molecule has 18 heavy (non-hydrogen) atoms. The topological polar surface area (TPSA) is 58.4 Å². The number of anilines is 2. The highest BCUT2D eigenvalue weighted by molar-refractivity contribution is 5.92. The van der Waals surface area contributed by atoms with Gasteiger partial charge in [-0.2, -0.15) is 0 Å². The number of likely N-dealkylation sites (tertiary alicyclic amines) is 1. The molecule has 1 saturated heterocycles. The van der Waals surface area contributed by atoms with Crippen LogP contribution < -0.4 is 11.1 Å². The van der Waals surface area contributed by atoms with Crippen molar-refractivity contribution in [3.8, 4) is 0 Å². The Kier molecular flexibility index (Phi) is 4.59. The second kappa shape index (κ2) is 6.40. The lowest BCUT2D eigenvalue weighted by Crippen LogP contribution is -2.33. The summed E-state index contributed by atoms with van der Waals surface area (Å²) in [6.07, 6.45) is 4.98. The predicted molar refractivity (Wildman–Crippen MR) is 74.4 cm³/mol. The number of rotatable bonds is 3. The van der Waals surface area contributed by atoms with Crippen LogP contribution >= 0.6 is 0 Å². The van der Waals surface area contributed by atoms with Gasteiger partial charge in [-0.1, -0.05) is 12.8 Å². The Balaban J connectivity index is 1.82. The van der Waals surface area contributed by atoms with E-state index in [1.807, 2.05) is 12.1 Å². The van der Waals surface area contributed by atoms with Gasteiger partial charge in [0.05, 0.1) is 6.54 Å². The summed E-state index contributed by atoms with van der Waals surface area (Å²) in [6.45, 7) is 2.56. The Labute approximate surface area is 108 Å². The van der Waals surface area contributed by atoms with E-state index in [1.54, 1.807) is 12.1 Å². The Morgan fingerprint density at radius 1 is 1.11 bits per heavy atom. The van der Waals surface area contributed by atoms with E-state index in [-0.39, 0.29) is 5.91 Å². The van der Waals surface area contributed by atoms with E-state index < -0.39 is 0 Å². The van der Waals surface area contributed by atoms with E-state index in [0.29, 0.717) is 12.2 Å². The van der Waals surface area contributed by atoms with Crippen LogP contribution in [0.2, 0.25) is 0 Å². The molecule has 1 aromatic rings. The SMILES string of the molecule is Nc1ccc(NC(=O)CN2CCCCCC2)cc1. The van der Waals surface area contributed by atoms with Crippen molar-refractivity contribution < 1.29 is 4.79 Å². The smallest absolute Gasteiger partial charge is 0.238 e. The Morgan fingerprint density at radius 2 is 1.72 bits per heavy atom. The number of nitrogen functional groups attached to an aromatic ring is 1. The van der Waals surface area contributed by atoms with Gasteiger partial charge in [-0.25, -0.2) is 0 Å². The summed E-state index contributed by atoms with van der Waals surface area (Å²) >= 11 is 0. The zero-order chi connectivity index (χ0) is 12.8. The number of nitrogens with two attached hydrogens (primary N) is 1. The molecule has 0 bridgehead atoms. The van der Waals surface area contributed by atoms with Gasteiger partial charge in [0.1, 0.15) is 0 Å². The molecular weight excluding hydrogens is 226 g/mol. The van der Waals surface area contributed by atoms with E-state index in [9.17, 15) is 4.79 Å². The predicted octanol–water partition coefficient (Wildman–Crippen LogP) is 2.08. The first-order valence-electron chi connectivity index (χ1n) is 6.62. The molecule has 0 unspecified atom stereocenters. The summed E-state index contributed by atoms with van der Waals surface area (Å²) in [4.78, 5) is 14.1. The first kappa shape index (κ1) is 12.9. The van der Waals surface area contributed by atoms with Crippen molar-refractivity contribution in [1.82, 2.24) is 4.90 Å². The van der Waals surface area contributed by atoms with E-state index in [1.165, 1.54) is 25.7 Å². The van der Waals surface area contributed by atoms with Crippen LogP contribution in [-0.4, -0.2) is 30.4 Å². The maximum Gasteiger partial charge on any atom is 0.238 e. The minimum atomic E-state index is 0.0571. The average molecular weight is 247 g/mol. The molecule has 0 radical (unpaired) electrons. The maximum absolute atomic E-state index is 11.9. The molecule has 3 N–H and O–H groups in total. The molecule has 0 aliphatic carbocycles. The summed E-state index contributed by atoms with van der Waals surface area (Å²) in [7, 11) is 0. The fourth-order valence-electron chi connectivity index (χ4n) is 2.26. The highest BCUT2D eigenvalue weighted by Gasteiger charge is 2.12. The zero-order valence-electron chi connectivity index (χ0n) is 10.7. The lowest BCUT2D eigenvalue weighted by molar-refractivity contribution is -0.117. The summed E-state index contributed by atoms with van der Waals surface area (Å²) in [6, 6.07) is 7.24. The lowest BCUT2D eigenvalue weighted by Gasteiger charge is -2.18. The van der Waals surface area contributed by atoms with Gasteiger partial charge in [0, 0.05) is 11.4 Å². The van der Waals surface area contributed by atoms with Crippen molar-refractivity contribution in [2.45, 2.75) is 25.7 Å². The summed E-state index contributed by atoms with van der Waals surface area (Å²) < 4.78 is 0. The van der Waals surface area contributed by atoms with Crippen molar-refractivity contribution >= 4 is 17.3 Å². The first-order valence-corrected chi connectivity index (χ1v) is 6.62. The van der Waals surface area contributed by atoms with Gasteiger partial charge < -0.3 is 11.1 Å². The van der Waals surface area contributed by atoms with Gasteiger partial charge in [0.2, 0.25) is 5.91 Å². The fourth-order valence-corrected chi connectivity index (χ4v) is 2.26. The number of hydrogen-bond donors (Lipinski definition) is 2. The van der Waals surface area contributed by atoms with Crippen molar-refractivity contribution in [2.24, 2.45) is 0 Å². The number of hydrogen-bond acceptors (Lipinski definition) is 3. The normalized spacial score (nSPS) is 17.1. The van der Waals surface area contributed by atoms with Gasteiger partial charge in [-0.3, -0.25) is 9.69 Å². The Hall–Kier alpha value is -1.55. The largest absolute Gasteiger partial charge is 0.399 e. The molecular formula is C14H21N3O. The van der Waals surface area contributed by atoms with E-state index in [4.69, 9.17) is 5.73 Å². The molecule has 1 aromatic carbocycles. The summed E-state index contributed by atoms with van der Waals surface area (Å²) in [5.74, 6) is 0.0571. The first-order chi connectivity index (χ1) is 8.74. The molecule has 1 fully saturated rings. The highest BCUT2D eigenvalue weighted by atomic mass is 16.2. The molecule has 0 atom stereocenters. The third-order valence-electron chi connectivity index (χ3n) is 3.26. The van der Waals surface area contributed by atoms with Crippen LogP contribution in [-0.2, 0) is 4.79 Å². The summed E-state index contributed by atoms with van der Waals surface area (Å²) in [5.41, 5.74) is 7.12. The lowest BCUT2D eigenvalue weighted by atomic mass is 10.2. The molecule has 4 nitrogen and oxygen atoms in total. The third-order valence-corrected chi connectivity index (χ3v) is 3.26. The third kappa shape index (κ3) is 4.04. The second-order valence-corrected chi connectivity index (χ2v) is 4.86. The molecule has 2 rings (SSSR count). The van der Waals surface area contributed by atoms with Gasteiger partial charge >= 0.3 is 0 Å². The van der Waals surface area contributed by atoms with Crippen LogP contribution in [0, 0.1) is 0 Å². The van der Waals surface area contributed by atoms with Crippen LogP contribution in [0.4, 0.5) is 11.4 Å². The molecule has 0 saturated carbocycles. The molecule has 0 aromatic heterocycles. The minimum absolute atomic E-state index is 0.0571. The van der Waals surface area contributed by atoms with Crippen molar-refractivity contribution in [2.75, 3.05) is 30.7 Å². The standard InChI is InChI=1S/C14H21N3O/c15-12-5-7-13(8-6-12)16-14(18)11-17-9-3-1-2-4-10-17/h5-8H,1-4,9-11,15H2,(H,16,18). The van der Waals surface area contributed by atoms with Crippen molar-refractivity contribution in [1.29, 1.82) is 0 Å². The molecule has 98 valence electrons. The van der Waals surface area contributed by atoms with Crippen LogP contribution in [0.1, 0.15) is 25.7 Å². The van der Waals surface area contributed by atoms with Gasteiger partial charge in [0.15, 0.2) is 0 Å². The molecule has 1 heterocycles. The van der Waals surface area contributed by atoms with E-state index >= 15 is 0 Å². The maximum atomic E-state index is 11.9. The van der Waals surface area contributed by atoms with Crippen LogP contribution in [0.5, 0.6) is 0 Å². The van der Waals surface area contributed by atoms with Crippen LogP contribution in [0.25, 0.3) is 0 Å². The van der Waals surface area contributed by atoms with Gasteiger partial charge in [0.25, 0.3) is 0 Å². The highest BCUT2D eigenvalue weighted by Crippen LogP contribution is 2.12. The number of carbonyl (C=O) groups excluding carboxylic acids is 1. The van der Waals surface area contributed by atoms with Gasteiger partial charge in [-0.15, -0.1) is 0 Å². The molecule has 4 heteroatoms. The van der Waals surface area contributed by atoms with Crippen LogP contribution in [0.3, 0.4) is 0 Å². The second-order valence-electron chi connectivity index (χ2n) is 4.86. The quantitative estimate of drug-likeness (QED) is 0.804. The number of carbonyl (C=O) groups is 1. The average Bonchev–Trinajstić information content (AvgIpc) is 2.61. The number of nitrogens with one attached hydrogen (secondary N) is 1. The minimum Gasteiger partial charge on any atom is -0.399 e. The number of nitrogens with zero attached hydrogens (tertiary/aromatic N) is 1. The molecule has 1 aliphatic rings. The Bertz CT molecular complexity index is 381. The van der Waals surface area contributed by atoms with Crippen molar-refractivity contribution in [3.63, 3.8) is 0 Å². The van der Waals surface area contributed by atoms with Crippen LogP contribution in [0.15, 0.2) is 24.3 Å².